The molecule has 0 unspecified atom stereocenters. The van der Waals surface area contributed by atoms with Gasteiger partial charge in [-0.15, -0.1) is 0 Å². The van der Waals surface area contributed by atoms with Crippen molar-refractivity contribution in [3.05, 3.63) is 59.7 Å². The van der Waals surface area contributed by atoms with Crippen LogP contribution in [0.2, 0.25) is 0 Å². The number of unbranched alkanes of at least 4 members (excludes halogenated alkanes) is 11. The summed E-state index contributed by atoms with van der Waals surface area (Å²) >= 11 is 0. The van der Waals surface area contributed by atoms with E-state index in [2.05, 4.69) is 6.92 Å². The fraction of sp³-hybridized carbons (Fsp3) is 0.586. The van der Waals surface area contributed by atoms with Gasteiger partial charge in [0.05, 0.1) is 9.79 Å². The Kier molecular flexibility index (Phi) is 13.8. The topological polar surface area (TPSA) is 86.7 Å². The maximum absolute atomic E-state index is 12.8. The first-order valence-electron chi connectivity index (χ1n) is 13.6. The average molecular weight is 553 g/mol. The minimum Gasteiger partial charge on any atom is -0.233 e. The van der Waals surface area contributed by atoms with Gasteiger partial charge >= 0.3 is 0 Å². The molecule has 0 radical (unpaired) electrons. The number of aryl methyl sites for hydroxylation is 2. The van der Waals surface area contributed by atoms with E-state index >= 15 is 0 Å². The van der Waals surface area contributed by atoms with Gasteiger partial charge in [-0.3, -0.25) is 0 Å². The summed E-state index contributed by atoms with van der Waals surface area (Å²) in [6.45, 7) is 5.93. The first kappa shape index (κ1) is 31.5. The van der Waals surface area contributed by atoms with Gasteiger partial charge in [-0.05, 0) is 44.5 Å². The Morgan fingerprint density at radius 3 is 1.22 bits per heavy atom. The maximum atomic E-state index is 12.8. The van der Waals surface area contributed by atoms with Crippen LogP contribution in [0.3, 0.4) is 0 Å². The van der Waals surface area contributed by atoms with Crippen LogP contribution in [-0.2, 0) is 28.6 Å². The summed E-state index contributed by atoms with van der Waals surface area (Å²) in [5.74, 6) is 0. The SMILES string of the molecule is CCCCCCCCCCCCCCC(OS(=O)(=O)c1ccc(C)cc1)OS(=O)(=O)c1ccc(C)cc1. The van der Waals surface area contributed by atoms with Gasteiger partial charge in [0, 0.05) is 6.42 Å². The zero-order valence-corrected chi connectivity index (χ0v) is 24.3. The summed E-state index contributed by atoms with van der Waals surface area (Å²) < 4.78 is 62.0. The van der Waals surface area contributed by atoms with Crippen molar-refractivity contribution >= 4 is 20.2 Å². The largest absolute Gasteiger partial charge is 0.299 e. The third-order valence-electron chi connectivity index (χ3n) is 6.38. The van der Waals surface area contributed by atoms with Crippen LogP contribution < -0.4 is 0 Å². The molecule has 0 aliphatic heterocycles. The van der Waals surface area contributed by atoms with Crippen LogP contribution >= 0.6 is 0 Å². The van der Waals surface area contributed by atoms with Crippen LogP contribution in [0, 0.1) is 13.8 Å². The standard InChI is InChI=1S/C29H44O6S2/c1-4-5-6-7-8-9-10-11-12-13-14-15-16-29(34-36(30,31)27-21-17-25(2)18-22-27)35-37(32,33)28-23-19-26(3)20-24-28/h17-24,29H,4-16H2,1-3H3. The zero-order chi connectivity index (χ0) is 27.2. The van der Waals surface area contributed by atoms with Gasteiger partial charge < -0.3 is 0 Å². The van der Waals surface area contributed by atoms with Crippen molar-refractivity contribution in [2.75, 3.05) is 0 Å². The molecule has 8 heteroatoms. The van der Waals surface area contributed by atoms with E-state index in [4.69, 9.17) is 8.37 Å². The first-order valence-corrected chi connectivity index (χ1v) is 16.5. The molecule has 2 rings (SSSR count). The molecule has 0 amide bonds. The van der Waals surface area contributed by atoms with Crippen molar-refractivity contribution in [1.82, 2.24) is 0 Å². The highest BCUT2D eigenvalue weighted by Crippen LogP contribution is 2.23. The molecule has 0 saturated heterocycles. The van der Waals surface area contributed by atoms with Crippen molar-refractivity contribution in [3.8, 4) is 0 Å². The molecule has 2 aromatic rings. The van der Waals surface area contributed by atoms with Crippen molar-refractivity contribution in [2.45, 2.75) is 120 Å². The second-order valence-corrected chi connectivity index (χ2v) is 13.0. The van der Waals surface area contributed by atoms with E-state index in [9.17, 15) is 16.8 Å². The Morgan fingerprint density at radius 2 is 0.865 bits per heavy atom. The van der Waals surface area contributed by atoms with Gasteiger partial charge in [-0.25, -0.2) is 8.37 Å². The van der Waals surface area contributed by atoms with Crippen molar-refractivity contribution in [3.63, 3.8) is 0 Å². The molecular weight excluding hydrogens is 508 g/mol. The number of rotatable bonds is 19. The highest BCUT2D eigenvalue weighted by molar-refractivity contribution is 7.87. The summed E-state index contributed by atoms with van der Waals surface area (Å²) in [4.78, 5) is -0.0664. The summed E-state index contributed by atoms with van der Waals surface area (Å²) in [6, 6.07) is 12.4. The average Bonchev–Trinajstić information content (AvgIpc) is 2.84. The smallest absolute Gasteiger partial charge is 0.233 e. The minimum atomic E-state index is -4.19. The lowest BCUT2D eigenvalue weighted by molar-refractivity contribution is 0.00873. The predicted octanol–water partition coefficient (Wildman–Crippen LogP) is 7.83. The molecule has 0 aromatic heterocycles. The Balaban J connectivity index is 1.90. The molecule has 0 aliphatic carbocycles. The molecule has 0 atom stereocenters. The fourth-order valence-electron chi connectivity index (χ4n) is 4.07. The van der Waals surface area contributed by atoms with E-state index in [1.807, 2.05) is 13.8 Å². The summed E-state index contributed by atoms with van der Waals surface area (Å²) in [5, 5.41) is 0. The molecular formula is C29H44O6S2. The number of benzene rings is 2. The van der Waals surface area contributed by atoms with Crippen molar-refractivity contribution in [2.24, 2.45) is 0 Å². The quantitative estimate of drug-likeness (QED) is 0.100. The molecule has 0 fully saturated rings. The Morgan fingerprint density at radius 1 is 0.541 bits per heavy atom. The first-order chi connectivity index (χ1) is 17.6. The Labute approximate surface area is 225 Å². The van der Waals surface area contributed by atoms with E-state index in [0.717, 1.165) is 30.4 Å². The normalized spacial score (nSPS) is 12.3. The van der Waals surface area contributed by atoms with Crippen molar-refractivity contribution in [1.29, 1.82) is 0 Å². The monoisotopic (exact) mass is 552 g/mol. The van der Waals surface area contributed by atoms with E-state index in [1.165, 1.54) is 75.6 Å². The lowest BCUT2D eigenvalue weighted by atomic mass is 10.0. The summed E-state index contributed by atoms with van der Waals surface area (Å²) in [7, 11) is -8.39. The second-order valence-electron chi connectivity index (χ2n) is 9.83. The maximum Gasteiger partial charge on any atom is 0.299 e. The molecule has 2 aromatic carbocycles. The summed E-state index contributed by atoms with van der Waals surface area (Å²) in [5.41, 5.74) is 1.82. The molecule has 208 valence electrons. The number of hydrogen-bond donors (Lipinski definition) is 0. The molecule has 6 nitrogen and oxygen atoms in total. The molecule has 0 saturated carbocycles. The van der Waals surface area contributed by atoms with Crippen LogP contribution in [-0.4, -0.2) is 23.1 Å². The van der Waals surface area contributed by atoms with E-state index in [0.29, 0.717) is 6.42 Å². The van der Waals surface area contributed by atoms with Crippen LogP contribution in [0.4, 0.5) is 0 Å². The van der Waals surface area contributed by atoms with Crippen LogP contribution in [0.1, 0.15) is 102 Å². The van der Waals surface area contributed by atoms with Crippen LogP contribution in [0.5, 0.6) is 0 Å². The molecule has 37 heavy (non-hydrogen) atoms. The molecule has 0 bridgehead atoms. The van der Waals surface area contributed by atoms with Gasteiger partial charge in [0.2, 0.25) is 0 Å². The molecule has 0 N–H and O–H groups in total. The predicted molar refractivity (Wildman–Crippen MR) is 148 cm³/mol. The molecule has 0 aliphatic rings. The van der Waals surface area contributed by atoms with Crippen LogP contribution in [0.15, 0.2) is 58.3 Å². The third kappa shape index (κ3) is 12.1. The molecule has 0 heterocycles. The third-order valence-corrected chi connectivity index (χ3v) is 9.02. The fourth-order valence-corrected chi connectivity index (χ4v) is 6.11. The van der Waals surface area contributed by atoms with E-state index in [1.54, 1.807) is 24.3 Å². The highest BCUT2D eigenvalue weighted by Gasteiger charge is 2.28. The minimum absolute atomic E-state index is 0.0332. The van der Waals surface area contributed by atoms with Gasteiger partial charge in [0.1, 0.15) is 0 Å². The van der Waals surface area contributed by atoms with Gasteiger partial charge in [0.15, 0.2) is 6.29 Å². The zero-order valence-electron chi connectivity index (χ0n) is 22.7. The van der Waals surface area contributed by atoms with Crippen LogP contribution in [0.25, 0.3) is 0 Å². The Hall–Kier alpha value is -1.74. The number of hydrogen-bond acceptors (Lipinski definition) is 6. The summed E-state index contributed by atoms with van der Waals surface area (Å²) in [6.07, 6.45) is 12.6. The lowest BCUT2D eigenvalue weighted by Crippen LogP contribution is -2.25. The van der Waals surface area contributed by atoms with Gasteiger partial charge in [-0.1, -0.05) is 113 Å². The second kappa shape index (κ2) is 16.3. The van der Waals surface area contributed by atoms with E-state index < -0.39 is 26.5 Å². The highest BCUT2D eigenvalue weighted by atomic mass is 32.2. The molecule has 0 spiro atoms. The lowest BCUT2D eigenvalue weighted by Gasteiger charge is -2.18. The van der Waals surface area contributed by atoms with Gasteiger partial charge in [0.25, 0.3) is 20.2 Å². The van der Waals surface area contributed by atoms with E-state index in [-0.39, 0.29) is 16.2 Å². The Bertz CT molecular complexity index is 1030. The van der Waals surface area contributed by atoms with Crippen molar-refractivity contribution < 1.29 is 25.2 Å². The van der Waals surface area contributed by atoms with Gasteiger partial charge in [-0.2, -0.15) is 16.8 Å².